The summed E-state index contributed by atoms with van der Waals surface area (Å²) in [6.45, 7) is 0.638. The lowest BCUT2D eigenvalue weighted by atomic mass is 10.2. The minimum atomic E-state index is -4.00. The third kappa shape index (κ3) is 4.92. The molecule has 0 aliphatic rings. The summed E-state index contributed by atoms with van der Waals surface area (Å²) in [4.78, 5) is 10.4. The van der Waals surface area contributed by atoms with Crippen LogP contribution >= 0.6 is 11.6 Å². The van der Waals surface area contributed by atoms with Gasteiger partial charge in [0.05, 0.1) is 15.5 Å². The average molecular weight is 340 g/mol. The first-order chi connectivity index (χ1) is 9.79. The Labute approximate surface area is 126 Å². The highest BCUT2D eigenvalue weighted by molar-refractivity contribution is 7.89. The number of benzene rings is 1. The molecule has 0 spiro atoms. The zero-order chi connectivity index (χ0) is 16.0. The molecule has 0 fully saturated rings. The molecule has 0 atom stereocenters. The van der Waals surface area contributed by atoms with Gasteiger partial charge in [-0.05, 0) is 25.0 Å². The van der Waals surface area contributed by atoms with Gasteiger partial charge in [0, 0.05) is 20.3 Å². The van der Waals surface area contributed by atoms with Crippen molar-refractivity contribution < 1.29 is 27.4 Å². The van der Waals surface area contributed by atoms with E-state index in [0.717, 1.165) is 6.07 Å². The summed E-state index contributed by atoms with van der Waals surface area (Å²) >= 11 is 5.49. The lowest BCUT2D eigenvalue weighted by Crippen LogP contribution is -2.25. The maximum atomic E-state index is 13.5. The Balaban J connectivity index is 2.91. The molecule has 1 rings (SSSR count). The first kappa shape index (κ1) is 17.8. The normalized spacial score (nSPS) is 11.6. The maximum Gasteiger partial charge on any atom is 0.337 e. The van der Waals surface area contributed by atoms with Crippen LogP contribution in [0.5, 0.6) is 0 Å². The van der Waals surface area contributed by atoms with E-state index in [1.807, 2.05) is 0 Å². The summed E-state index contributed by atoms with van der Waals surface area (Å²) in [7, 11) is -2.46. The molecule has 0 heterocycles. The van der Waals surface area contributed by atoms with Gasteiger partial charge in [0.1, 0.15) is 5.82 Å². The molecular weight excluding hydrogens is 325 g/mol. The highest BCUT2D eigenvalue weighted by Crippen LogP contribution is 2.24. The molecule has 0 saturated heterocycles. The molecule has 0 aromatic heterocycles. The van der Waals surface area contributed by atoms with Crippen LogP contribution in [0.15, 0.2) is 17.0 Å². The Bertz CT molecular complexity index is 620. The summed E-state index contributed by atoms with van der Waals surface area (Å²) in [6, 6.07) is 1.51. The van der Waals surface area contributed by atoms with Gasteiger partial charge in [-0.25, -0.2) is 22.3 Å². The number of nitrogens with one attached hydrogen (secondary N) is 1. The van der Waals surface area contributed by atoms with Gasteiger partial charge in [-0.15, -0.1) is 0 Å². The van der Waals surface area contributed by atoms with Crippen molar-refractivity contribution >= 4 is 27.6 Å². The predicted octanol–water partition coefficient (Wildman–Crippen LogP) is 1.88. The maximum absolute atomic E-state index is 13.5. The number of rotatable bonds is 8. The zero-order valence-corrected chi connectivity index (χ0v) is 12.8. The van der Waals surface area contributed by atoms with Gasteiger partial charge in [-0.1, -0.05) is 11.6 Å². The molecule has 9 heteroatoms. The SMILES string of the molecule is COCCCCNS(=O)(=O)c1cc(F)c(Cl)c(C(=O)O)c1. The smallest absolute Gasteiger partial charge is 0.337 e. The van der Waals surface area contributed by atoms with Crippen molar-refractivity contribution in [2.24, 2.45) is 0 Å². The van der Waals surface area contributed by atoms with Crippen LogP contribution in [0.3, 0.4) is 0 Å². The van der Waals surface area contributed by atoms with Crippen molar-refractivity contribution in [1.82, 2.24) is 4.72 Å². The standard InChI is InChI=1S/C12H15ClFNO5S/c1-20-5-3-2-4-15-21(18,19)8-6-9(12(16)17)11(13)10(14)7-8/h6-7,15H,2-5H2,1H3,(H,16,17). The molecule has 1 aromatic rings. The minimum Gasteiger partial charge on any atom is -0.478 e. The zero-order valence-electron chi connectivity index (χ0n) is 11.2. The summed E-state index contributed by atoms with van der Waals surface area (Å²) in [5.41, 5.74) is -0.601. The molecule has 0 saturated carbocycles. The molecule has 118 valence electrons. The van der Waals surface area contributed by atoms with E-state index < -0.39 is 37.3 Å². The van der Waals surface area contributed by atoms with Gasteiger partial charge < -0.3 is 9.84 Å². The van der Waals surface area contributed by atoms with Crippen LogP contribution in [-0.2, 0) is 14.8 Å². The fraction of sp³-hybridized carbons (Fsp3) is 0.417. The Kier molecular flexibility index (Phi) is 6.53. The second-order valence-electron chi connectivity index (χ2n) is 4.17. The van der Waals surface area contributed by atoms with Crippen LogP contribution in [0.25, 0.3) is 0 Å². The number of ether oxygens (including phenoxy) is 1. The van der Waals surface area contributed by atoms with Crippen LogP contribution < -0.4 is 4.72 Å². The van der Waals surface area contributed by atoms with Crippen molar-refractivity contribution in [1.29, 1.82) is 0 Å². The molecule has 0 aliphatic heterocycles. The molecule has 0 aliphatic carbocycles. The third-order valence-corrected chi connectivity index (χ3v) is 4.43. The molecule has 0 unspecified atom stereocenters. The van der Waals surface area contributed by atoms with E-state index in [-0.39, 0.29) is 6.54 Å². The predicted molar refractivity (Wildman–Crippen MR) is 74.7 cm³/mol. The number of carboxylic acid groups (broad SMARTS) is 1. The van der Waals surface area contributed by atoms with E-state index >= 15 is 0 Å². The van der Waals surface area contributed by atoms with Crippen molar-refractivity contribution in [3.63, 3.8) is 0 Å². The number of aromatic carboxylic acids is 1. The van der Waals surface area contributed by atoms with Crippen LogP contribution in [0, 0.1) is 5.82 Å². The van der Waals surface area contributed by atoms with Gasteiger partial charge in [0.2, 0.25) is 10.0 Å². The fourth-order valence-electron chi connectivity index (χ4n) is 1.54. The monoisotopic (exact) mass is 339 g/mol. The summed E-state index contributed by atoms with van der Waals surface area (Å²) in [5.74, 6) is -2.60. The lowest BCUT2D eigenvalue weighted by molar-refractivity contribution is 0.0696. The number of carbonyl (C=O) groups is 1. The Morgan fingerprint density at radius 3 is 2.67 bits per heavy atom. The topological polar surface area (TPSA) is 92.7 Å². The van der Waals surface area contributed by atoms with Gasteiger partial charge in [0.15, 0.2) is 0 Å². The summed E-state index contributed by atoms with van der Waals surface area (Å²) in [6.07, 6.45) is 1.20. The third-order valence-electron chi connectivity index (χ3n) is 2.61. The molecule has 1 aromatic carbocycles. The van der Waals surface area contributed by atoms with E-state index in [1.165, 1.54) is 7.11 Å². The number of sulfonamides is 1. The Morgan fingerprint density at radius 2 is 2.10 bits per heavy atom. The van der Waals surface area contributed by atoms with Crippen LogP contribution in [0.1, 0.15) is 23.2 Å². The Morgan fingerprint density at radius 1 is 1.43 bits per heavy atom. The van der Waals surface area contributed by atoms with E-state index in [0.29, 0.717) is 25.5 Å². The highest BCUT2D eigenvalue weighted by atomic mass is 35.5. The van der Waals surface area contributed by atoms with E-state index in [4.69, 9.17) is 21.4 Å². The van der Waals surface area contributed by atoms with E-state index in [2.05, 4.69) is 4.72 Å². The number of hydrogen-bond donors (Lipinski definition) is 2. The van der Waals surface area contributed by atoms with Crippen molar-refractivity contribution in [3.05, 3.63) is 28.5 Å². The van der Waals surface area contributed by atoms with Crippen molar-refractivity contribution in [3.8, 4) is 0 Å². The number of hydrogen-bond acceptors (Lipinski definition) is 4. The Hall–Kier alpha value is -1.22. The molecule has 21 heavy (non-hydrogen) atoms. The van der Waals surface area contributed by atoms with Gasteiger partial charge >= 0.3 is 5.97 Å². The molecule has 0 bridgehead atoms. The highest BCUT2D eigenvalue weighted by Gasteiger charge is 2.21. The second-order valence-corrected chi connectivity index (χ2v) is 6.31. The van der Waals surface area contributed by atoms with Crippen LogP contribution in [0.2, 0.25) is 5.02 Å². The van der Waals surface area contributed by atoms with Crippen LogP contribution in [0.4, 0.5) is 4.39 Å². The van der Waals surface area contributed by atoms with Crippen molar-refractivity contribution in [2.45, 2.75) is 17.7 Å². The number of methoxy groups -OCH3 is 1. The number of carboxylic acids is 1. The minimum absolute atomic E-state index is 0.137. The first-order valence-electron chi connectivity index (χ1n) is 6.00. The summed E-state index contributed by atoms with van der Waals surface area (Å²) in [5, 5.41) is 8.25. The first-order valence-corrected chi connectivity index (χ1v) is 7.86. The van der Waals surface area contributed by atoms with Crippen molar-refractivity contribution in [2.75, 3.05) is 20.3 Å². The largest absolute Gasteiger partial charge is 0.478 e. The molecule has 6 nitrogen and oxygen atoms in total. The number of halogens is 2. The molecular formula is C12H15ClFNO5S. The molecule has 0 radical (unpaired) electrons. The quantitative estimate of drug-likeness (QED) is 0.705. The van der Waals surface area contributed by atoms with Gasteiger partial charge in [-0.2, -0.15) is 0 Å². The fourth-order valence-corrected chi connectivity index (χ4v) is 2.84. The van der Waals surface area contributed by atoms with E-state index in [1.54, 1.807) is 0 Å². The summed E-state index contributed by atoms with van der Waals surface area (Å²) < 4.78 is 44.5. The molecule has 0 amide bonds. The second kappa shape index (κ2) is 7.69. The molecule has 2 N–H and O–H groups in total. The van der Waals surface area contributed by atoms with Gasteiger partial charge in [0.25, 0.3) is 0 Å². The number of unbranched alkanes of at least 4 members (excludes halogenated alkanes) is 1. The van der Waals surface area contributed by atoms with Gasteiger partial charge in [-0.3, -0.25) is 0 Å². The average Bonchev–Trinajstić information content (AvgIpc) is 2.40. The lowest BCUT2D eigenvalue weighted by Gasteiger charge is -2.09. The van der Waals surface area contributed by atoms with Crippen LogP contribution in [-0.4, -0.2) is 39.8 Å². The van der Waals surface area contributed by atoms with E-state index in [9.17, 15) is 17.6 Å².